The average molecular weight is 1410 g/mol. The summed E-state index contributed by atoms with van der Waals surface area (Å²) in [7, 11) is -7.19. The number of hydrogen-bond acceptors (Lipinski definition) is 5. The van der Waals surface area contributed by atoms with E-state index in [9.17, 15) is 4.89 Å². The summed E-state index contributed by atoms with van der Waals surface area (Å²) < 4.78 is 16.7. The minimum atomic E-state index is -3.73. The van der Waals surface area contributed by atoms with Gasteiger partial charge in [0, 0.05) is 12.4 Å². The van der Waals surface area contributed by atoms with E-state index in [4.69, 9.17) is 13.6 Å². The second kappa shape index (κ2) is 60.5. The van der Waals surface area contributed by atoms with Crippen LogP contribution in [0.5, 0.6) is 0 Å². The normalized spacial score (nSPS) is 8.74. The molecule has 0 aliphatic heterocycles. The van der Waals surface area contributed by atoms with E-state index in [1.807, 2.05) is 80.6 Å². The van der Waals surface area contributed by atoms with Crippen LogP contribution in [-0.4, -0.2) is 73.0 Å². The van der Waals surface area contributed by atoms with Crippen molar-refractivity contribution in [3.8, 4) is 0 Å². The van der Waals surface area contributed by atoms with Crippen LogP contribution in [-0.2, 0) is 28.5 Å². The van der Waals surface area contributed by atoms with Crippen LogP contribution in [0.25, 0.3) is 0 Å². The molecule has 0 aliphatic carbocycles. The predicted molar refractivity (Wildman–Crippen MR) is 266 cm³/mol. The third-order valence-electron chi connectivity index (χ3n) is 8.96. The maximum Gasteiger partial charge on any atom is 5.00 e. The molecule has 73 heavy (non-hydrogen) atoms. The van der Waals surface area contributed by atoms with Crippen LogP contribution >= 0.6 is 23.1 Å². The summed E-state index contributed by atoms with van der Waals surface area (Å²) in [6, 6.07) is 56.2. The van der Waals surface area contributed by atoms with Gasteiger partial charge in [-0.2, -0.15) is 0 Å². The Morgan fingerprint density at radius 1 is 0.507 bits per heavy atom. The van der Waals surface area contributed by atoms with E-state index in [-0.39, 0.29) is 138 Å². The molecule has 0 amide bonds. The van der Waals surface area contributed by atoms with Gasteiger partial charge in [-0.3, -0.25) is 4.98 Å². The zero-order valence-corrected chi connectivity index (χ0v) is 51.0. The zero-order valence-electron chi connectivity index (χ0n) is 41.5. The third-order valence-corrected chi connectivity index (χ3v) is 19.1. The van der Waals surface area contributed by atoms with Crippen LogP contribution in [0, 0.1) is 6.92 Å². The van der Waals surface area contributed by atoms with Gasteiger partial charge in [-0.15, -0.1) is 0 Å². The second-order valence-electron chi connectivity index (χ2n) is 13.9. The summed E-state index contributed by atoms with van der Waals surface area (Å²) in [5.41, 5.74) is 2.76. The van der Waals surface area contributed by atoms with Crippen molar-refractivity contribution in [2.24, 2.45) is 4.52 Å². The maximum atomic E-state index is 14.1. The van der Waals surface area contributed by atoms with Crippen LogP contribution in [0.4, 0.5) is 0 Å². The average Bonchev–Trinajstić information content (AvgIpc) is 3.27. The van der Waals surface area contributed by atoms with Gasteiger partial charge in [0.15, 0.2) is 7.74 Å². The summed E-state index contributed by atoms with van der Waals surface area (Å²) in [6.07, 6.45) is 9.04. The Morgan fingerprint density at radius 2 is 0.822 bits per heavy atom. The van der Waals surface area contributed by atoms with E-state index in [1.54, 1.807) is 12.4 Å². The third kappa shape index (κ3) is 37.9. The number of nitrogens with zero attached hydrogens (tertiary/aromatic N) is 2. The summed E-state index contributed by atoms with van der Waals surface area (Å²) in [6.45, 7) is 15.2. The predicted octanol–water partition coefficient (Wildman–Crippen LogP) is -23.9. The van der Waals surface area contributed by atoms with Crippen LogP contribution in [0.2, 0.25) is 0 Å². The van der Waals surface area contributed by atoms with Gasteiger partial charge in [0.1, 0.15) is 16.5 Å². The van der Waals surface area contributed by atoms with Crippen molar-refractivity contribution in [1.29, 1.82) is 0 Å². The molecule has 0 bridgehead atoms. The zero-order chi connectivity index (χ0) is 41.9. The summed E-state index contributed by atoms with van der Waals surface area (Å²) in [4.78, 5) is 17.8. The molecule has 0 unspecified atom stereocenters. The molecule has 0 radical (unpaired) electrons. The monoisotopic (exact) mass is 1410 g/mol. The molecule has 410 valence electrons. The van der Waals surface area contributed by atoms with Crippen LogP contribution in [0.15, 0.2) is 181 Å². The molecule has 0 aliphatic rings. The van der Waals surface area contributed by atoms with Gasteiger partial charge in [-0.1, -0.05) is 191 Å². The summed E-state index contributed by atoms with van der Waals surface area (Å²) in [5, 5.41) is 4.64. The Labute approximate surface area is 475 Å². The molecule has 0 saturated heterocycles. The fourth-order valence-corrected chi connectivity index (χ4v) is 17.3. The Bertz CT molecular complexity index is 1900. The Morgan fingerprint density at radius 3 is 1.08 bits per heavy atom. The molecular weight excluding hydrogens is 1340 g/mol. The minimum Gasteiger partial charge on any atom is -1.00 e. The second-order valence-corrected chi connectivity index (χ2v) is 21.6. The molecule has 5 aromatic carbocycles. The van der Waals surface area contributed by atoms with Crippen LogP contribution < -0.4 is 82.6 Å². The summed E-state index contributed by atoms with van der Waals surface area (Å²) >= 11 is 0. The van der Waals surface area contributed by atoms with E-state index < -0.39 is 23.1 Å². The standard InChI is InChI=1S/C29H32NO3P3.C10H14.C6H14.C5H5N.12FH.Ru.2Sb/c1-3-32-36(31,33-4-2)30-35(28-21-13-7-14-22-28,29-23-15-8-16-24-29)25-34(26-17-9-5-10-18-26)27-19-11-6-12-20-27;1-8(2)10-6-4-9(3)5-7-10;1-3-5-6-4-2;1-2-4-6-5-3-1;;;;;;;;;;;;;;;/h5-24H,3-4,25H2,1-2H3;4-8H,1-3H3;3-6H2,1-2H3;1-5H;12*1H;;;/q;;;;;;;;;;;;;;;;+2;2*+5/p-12. The van der Waals surface area contributed by atoms with E-state index in [2.05, 4.69) is 137 Å². The molecule has 0 N–H and O–H groups in total. The number of halogens is 12. The Balaban J connectivity index is -0.0000000751. The van der Waals surface area contributed by atoms with Crippen molar-refractivity contribution in [3.63, 3.8) is 0 Å². The number of rotatable bonds is 15. The minimum absolute atomic E-state index is 0. The van der Waals surface area contributed by atoms with Crippen molar-refractivity contribution in [1.82, 2.24) is 4.98 Å². The first-order valence-corrected chi connectivity index (χ1v) is 25.6. The first kappa shape index (κ1) is 103. The molecule has 23 heteroatoms. The largest absolute Gasteiger partial charge is 5.00 e. The number of benzene rings is 5. The van der Waals surface area contributed by atoms with Gasteiger partial charge in [-0.05, 0) is 87.2 Å². The molecule has 0 fully saturated rings. The Hall–Kier alpha value is -2.36. The molecule has 5 nitrogen and oxygen atoms in total. The first-order chi connectivity index (χ1) is 28.2. The molecule has 1 heterocycles. The summed E-state index contributed by atoms with van der Waals surface area (Å²) in [5.74, 6) is 1.37. The van der Waals surface area contributed by atoms with Crippen molar-refractivity contribution in [2.75, 3.05) is 19.1 Å². The van der Waals surface area contributed by atoms with E-state index in [1.165, 1.54) is 47.4 Å². The molecular formula is C50H65F12N2O3P3RuSb2. The van der Waals surface area contributed by atoms with Crippen molar-refractivity contribution >= 4 is 93.1 Å². The van der Waals surface area contributed by atoms with Gasteiger partial charge in [0.25, 0.3) is 0 Å². The van der Waals surface area contributed by atoms with Crippen LogP contribution in [0.3, 0.4) is 0 Å². The number of aryl methyl sites for hydroxylation is 1. The number of aromatic nitrogens is 1. The van der Waals surface area contributed by atoms with Gasteiger partial charge in [0.2, 0.25) is 7.41 Å². The molecule has 0 spiro atoms. The van der Waals surface area contributed by atoms with E-state index in [0.717, 1.165) is 10.6 Å². The maximum absolute atomic E-state index is 14.1. The van der Waals surface area contributed by atoms with E-state index in [0.29, 0.717) is 11.8 Å². The smallest absolute Gasteiger partial charge is 1.00 e. The number of unbranched alkanes of at least 4 members (excludes halogenated alkanes) is 3. The number of pyridine rings is 1. The van der Waals surface area contributed by atoms with E-state index >= 15 is 0 Å². The van der Waals surface area contributed by atoms with Gasteiger partial charge < -0.3 is 70.4 Å². The Kier molecular flexibility index (Phi) is 85.5. The van der Waals surface area contributed by atoms with Crippen molar-refractivity contribution in [3.05, 3.63) is 187 Å². The molecule has 6 aromatic rings. The SMILES string of the molecule is CCCCCC.CCOP([O-])(=N[P+](CP(c1ccccc1)c1ccccc1)(c1ccccc1)c1ccccc1)OCC.Cc1ccc(C(C)C)cc1.[F-].[F-].[F-].[F-].[F-].[F-].[F-].[F-].[F-].[F-].[F-].[F-].[Ru+2].[Sb+5].[Sb+5].c1ccncc1. The fraction of sp³-hybridized carbons (Fsp3) is 0.300. The molecule has 1 aromatic heterocycles. The van der Waals surface area contributed by atoms with Crippen LogP contribution in [0.1, 0.15) is 84.3 Å². The van der Waals surface area contributed by atoms with Gasteiger partial charge in [-0.25, -0.2) is 0 Å². The van der Waals surface area contributed by atoms with Crippen molar-refractivity contribution < 1.29 is 89.9 Å². The quantitative estimate of drug-likeness (QED) is 0.0445. The van der Waals surface area contributed by atoms with Crippen molar-refractivity contribution in [2.45, 2.75) is 80.1 Å². The molecule has 0 saturated carbocycles. The molecule has 6 rings (SSSR count). The number of hydrogen-bond donors (Lipinski definition) is 0. The topological polar surface area (TPSA) is 66.8 Å². The molecule has 0 atom stereocenters. The fourth-order valence-electron chi connectivity index (χ4n) is 5.89. The van der Waals surface area contributed by atoms with Gasteiger partial charge in [0.05, 0.1) is 13.2 Å². The van der Waals surface area contributed by atoms with Gasteiger partial charge >= 0.3 is 68.3 Å². The first-order valence-electron chi connectivity index (χ1n) is 20.6.